The molecular weight excluding hydrogens is 202 g/mol. The molecule has 0 fully saturated rings. The van der Waals surface area contributed by atoms with Crippen LogP contribution in [0.4, 0.5) is 0 Å². The third-order valence-corrected chi connectivity index (χ3v) is 3.28. The lowest BCUT2D eigenvalue weighted by molar-refractivity contribution is 0.605. The molecule has 0 aliphatic heterocycles. The lowest BCUT2D eigenvalue weighted by Gasteiger charge is -1.98. The maximum atomic E-state index is 5.27. The van der Waals surface area contributed by atoms with Crippen LogP contribution < -0.4 is 0 Å². The Bertz CT molecular complexity index is 309. The molecule has 1 heterocycles. The van der Waals surface area contributed by atoms with Gasteiger partial charge in [0.1, 0.15) is 0 Å². The minimum absolute atomic E-state index is 0.816. The third kappa shape index (κ3) is 4.99. The molecule has 0 unspecified atom stereocenters. The van der Waals surface area contributed by atoms with Gasteiger partial charge in [0, 0.05) is 5.38 Å². The monoisotopic (exact) mass is 221 g/mol. The van der Waals surface area contributed by atoms with E-state index in [4.69, 9.17) is 6.42 Å². The summed E-state index contributed by atoms with van der Waals surface area (Å²) in [5, 5.41) is 2.90. The van der Waals surface area contributed by atoms with E-state index in [9.17, 15) is 0 Å². The van der Waals surface area contributed by atoms with Crippen LogP contribution in [0.3, 0.4) is 0 Å². The highest BCUT2D eigenvalue weighted by atomic mass is 32.1. The second kappa shape index (κ2) is 7.48. The van der Waals surface area contributed by atoms with Crippen LogP contribution in [0, 0.1) is 12.3 Å². The fourth-order valence-corrected chi connectivity index (χ4v) is 2.23. The van der Waals surface area contributed by atoms with Gasteiger partial charge in [-0.3, -0.25) is 0 Å². The van der Waals surface area contributed by atoms with Crippen molar-refractivity contribution in [2.45, 2.75) is 51.9 Å². The first-order chi connectivity index (χ1) is 7.36. The second-order valence-electron chi connectivity index (χ2n) is 3.81. The number of nitrogens with zero attached hydrogens (tertiary/aromatic N) is 1. The molecule has 0 bridgehead atoms. The van der Waals surface area contributed by atoms with Crippen LogP contribution in [0.1, 0.15) is 56.2 Å². The van der Waals surface area contributed by atoms with Gasteiger partial charge in [-0.25, -0.2) is 4.98 Å². The molecule has 0 radical (unpaired) electrons. The zero-order chi connectivity index (χ0) is 10.9. The van der Waals surface area contributed by atoms with Gasteiger partial charge in [0.25, 0.3) is 0 Å². The van der Waals surface area contributed by atoms with Gasteiger partial charge in [0.05, 0.1) is 5.69 Å². The molecule has 0 saturated heterocycles. The minimum Gasteiger partial charge on any atom is -0.233 e. The summed E-state index contributed by atoms with van der Waals surface area (Å²) in [6, 6.07) is 0. The maximum absolute atomic E-state index is 5.27. The summed E-state index contributed by atoms with van der Waals surface area (Å²) in [6.07, 6.45) is 14.4. The molecule has 1 rings (SSSR count). The average molecular weight is 221 g/mol. The van der Waals surface area contributed by atoms with Crippen LogP contribution >= 0.6 is 11.3 Å². The highest BCUT2D eigenvalue weighted by Crippen LogP contribution is 2.12. The van der Waals surface area contributed by atoms with E-state index in [0.717, 1.165) is 11.4 Å². The average Bonchev–Trinajstić information content (AvgIpc) is 2.71. The Morgan fingerprint density at radius 2 is 2.00 bits per heavy atom. The van der Waals surface area contributed by atoms with Gasteiger partial charge < -0.3 is 0 Å². The van der Waals surface area contributed by atoms with E-state index < -0.39 is 0 Å². The summed E-state index contributed by atoms with van der Waals surface area (Å²) < 4.78 is 0. The Labute approximate surface area is 96.9 Å². The van der Waals surface area contributed by atoms with Crippen molar-refractivity contribution in [1.82, 2.24) is 4.98 Å². The first-order valence-electron chi connectivity index (χ1n) is 5.78. The number of terminal acetylenes is 1. The van der Waals surface area contributed by atoms with Crippen molar-refractivity contribution >= 4 is 11.3 Å². The number of unbranched alkanes of at least 4 members (excludes halogenated alkanes) is 5. The summed E-state index contributed by atoms with van der Waals surface area (Å²) in [5.74, 6) is 2.57. The zero-order valence-electron chi connectivity index (χ0n) is 9.46. The van der Waals surface area contributed by atoms with Crippen LogP contribution in [0.15, 0.2) is 5.38 Å². The first-order valence-corrected chi connectivity index (χ1v) is 6.65. The standard InChI is InChI=1S/C13H19NS/c1-3-5-6-7-8-9-10-12-11-15-13(4-2)14-12/h2,11H,3,5-10H2,1H3. The quantitative estimate of drug-likeness (QED) is 0.500. The van der Waals surface area contributed by atoms with Crippen LogP contribution in [-0.2, 0) is 6.42 Å². The van der Waals surface area contributed by atoms with Gasteiger partial charge >= 0.3 is 0 Å². The molecule has 0 aliphatic carbocycles. The van der Waals surface area contributed by atoms with Crippen molar-refractivity contribution in [3.8, 4) is 12.3 Å². The number of hydrogen-bond acceptors (Lipinski definition) is 2. The van der Waals surface area contributed by atoms with Crippen LogP contribution in [0.5, 0.6) is 0 Å². The molecule has 0 saturated carbocycles. The normalized spacial score (nSPS) is 10.1. The summed E-state index contributed by atoms with van der Waals surface area (Å²) in [6.45, 7) is 2.25. The Morgan fingerprint density at radius 3 is 2.67 bits per heavy atom. The third-order valence-electron chi connectivity index (χ3n) is 2.46. The Morgan fingerprint density at radius 1 is 1.27 bits per heavy atom. The topological polar surface area (TPSA) is 12.9 Å². The van der Waals surface area contributed by atoms with Gasteiger partial charge in [0.15, 0.2) is 5.01 Å². The predicted molar refractivity (Wildman–Crippen MR) is 67.1 cm³/mol. The van der Waals surface area contributed by atoms with Crippen molar-refractivity contribution in [2.75, 3.05) is 0 Å². The molecule has 1 aromatic heterocycles. The number of thiazole rings is 1. The number of rotatable bonds is 7. The van der Waals surface area contributed by atoms with Crippen molar-refractivity contribution in [1.29, 1.82) is 0 Å². The van der Waals surface area contributed by atoms with Gasteiger partial charge in [-0.2, -0.15) is 0 Å². The molecule has 1 nitrogen and oxygen atoms in total. The van der Waals surface area contributed by atoms with E-state index in [1.165, 1.54) is 44.2 Å². The number of hydrogen-bond donors (Lipinski definition) is 0. The summed E-state index contributed by atoms with van der Waals surface area (Å²) in [5.41, 5.74) is 1.17. The van der Waals surface area contributed by atoms with Crippen molar-refractivity contribution in [2.24, 2.45) is 0 Å². The van der Waals surface area contributed by atoms with E-state index in [-0.39, 0.29) is 0 Å². The molecular formula is C13H19NS. The van der Waals surface area contributed by atoms with Crippen molar-refractivity contribution in [3.63, 3.8) is 0 Å². The molecule has 0 N–H and O–H groups in total. The lowest BCUT2D eigenvalue weighted by Crippen LogP contribution is -1.86. The predicted octanol–water partition coefficient (Wildman–Crippen LogP) is 4.03. The lowest BCUT2D eigenvalue weighted by atomic mass is 10.1. The minimum atomic E-state index is 0.816. The molecule has 82 valence electrons. The van der Waals surface area contributed by atoms with E-state index in [0.29, 0.717) is 0 Å². The summed E-state index contributed by atoms with van der Waals surface area (Å²) in [4.78, 5) is 4.35. The Balaban J connectivity index is 2.07. The largest absolute Gasteiger partial charge is 0.233 e. The number of aromatic nitrogens is 1. The Kier molecular flexibility index (Phi) is 6.11. The van der Waals surface area contributed by atoms with E-state index >= 15 is 0 Å². The SMILES string of the molecule is C#Cc1nc(CCCCCCCC)cs1. The van der Waals surface area contributed by atoms with Gasteiger partial charge in [-0.15, -0.1) is 17.8 Å². The summed E-state index contributed by atoms with van der Waals surface area (Å²) >= 11 is 1.57. The highest BCUT2D eigenvalue weighted by molar-refractivity contribution is 7.10. The van der Waals surface area contributed by atoms with E-state index in [1.807, 2.05) is 0 Å². The second-order valence-corrected chi connectivity index (χ2v) is 4.66. The molecule has 0 atom stereocenters. The molecule has 1 aromatic rings. The molecule has 0 aromatic carbocycles. The molecule has 15 heavy (non-hydrogen) atoms. The van der Waals surface area contributed by atoms with Gasteiger partial charge in [-0.1, -0.05) is 39.0 Å². The van der Waals surface area contributed by atoms with Crippen LogP contribution in [-0.4, -0.2) is 4.98 Å². The maximum Gasteiger partial charge on any atom is 0.166 e. The summed E-state index contributed by atoms with van der Waals surface area (Å²) in [7, 11) is 0. The first kappa shape index (κ1) is 12.3. The van der Waals surface area contributed by atoms with Crippen LogP contribution in [0.2, 0.25) is 0 Å². The Hall–Kier alpha value is -0.810. The number of aryl methyl sites for hydroxylation is 1. The fourth-order valence-electron chi connectivity index (χ4n) is 1.57. The molecule has 2 heteroatoms. The fraction of sp³-hybridized carbons (Fsp3) is 0.615. The smallest absolute Gasteiger partial charge is 0.166 e. The van der Waals surface area contributed by atoms with E-state index in [1.54, 1.807) is 11.3 Å². The van der Waals surface area contributed by atoms with Crippen molar-refractivity contribution < 1.29 is 0 Å². The van der Waals surface area contributed by atoms with Gasteiger partial charge in [0.2, 0.25) is 0 Å². The van der Waals surface area contributed by atoms with Crippen LogP contribution in [0.25, 0.3) is 0 Å². The molecule has 0 amide bonds. The highest BCUT2D eigenvalue weighted by Gasteiger charge is 1.99. The van der Waals surface area contributed by atoms with Crippen molar-refractivity contribution in [3.05, 3.63) is 16.1 Å². The zero-order valence-corrected chi connectivity index (χ0v) is 10.3. The van der Waals surface area contributed by atoms with E-state index in [2.05, 4.69) is 23.2 Å². The molecule has 0 aliphatic rings. The molecule has 0 spiro atoms. The van der Waals surface area contributed by atoms with Gasteiger partial charge in [-0.05, 0) is 18.8 Å².